The minimum Gasteiger partial charge on any atom is -0.301 e. The number of benzene rings is 1. The van der Waals surface area contributed by atoms with Crippen molar-refractivity contribution in [3.8, 4) is 5.69 Å². The van der Waals surface area contributed by atoms with Crippen molar-refractivity contribution < 1.29 is 4.79 Å². The van der Waals surface area contributed by atoms with Gasteiger partial charge in [-0.25, -0.2) is 9.67 Å². The van der Waals surface area contributed by atoms with Crippen LogP contribution in [0.25, 0.3) is 16.7 Å². The largest absolute Gasteiger partial charge is 0.301 e. The minimum absolute atomic E-state index is 0.0628. The van der Waals surface area contributed by atoms with Gasteiger partial charge in [0.05, 0.1) is 24.1 Å². The fourth-order valence-corrected chi connectivity index (χ4v) is 4.01. The quantitative estimate of drug-likeness (QED) is 0.378. The molecule has 0 fully saturated rings. The normalized spacial score (nSPS) is 11.1. The number of H-pyrrole nitrogens is 1. The number of fused-ring (bicyclic) bond motifs is 1. The lowest BCUT2D eigenvalue weighted by Gasteiger charge is -2.04. The summed E-state index contributed by atoms with van der Waals surface area (Å²) in [5.74, 6) is 0.0811. The first kappa shape index (κ1) is 17.8. The Morgan fingerprint density at radius 3 is 2.81 bits per heavy atom. The molecule has 0 saturated carbocycles. The molecule has 3 aromatic heterocycles. The zero-order valence-corrected chi connectivity index (χ0v) is 16.0. The van der Waals surface area contributed by atoms with Crippen molar-refractivity contribution in [3.05, 3.63) is 56.4 Å². The Morgan fingerprint density at radius 2 is 2.07 bits per heavy atom. The van der Waals surface area contributed by atoms with E-state index < -0.39 is 0 Å². The van der Waals surface area contributed by atoms with Crippen LogP contribution in [0.3, 0.4) is 0 Å². The fourth-order valence-electron chi connectivity index (χ4n) is 2.40. The van der Waals surface area contributed by atoms with Gasteiger partial charge >= 0.3 is 0 Å². The SMILES string of the molecule is O=C(CSc1nc2c(cnn2-c2ccccc2)c(=O)[nH]1)Cc1nnc(Cl)s1. The van der Waals surface area contributed by atoms with Gasteiger partial charge < -0.3 is 4.98 Å². The van der Waals surface area contributed by atoms with Crippen LogP contribution >= 0.6 is 34.7 Å². The molecule has 0 amide bonds. The molecule has 1 aromatic carbocycles. The van der Waals surface area contributed by atoms with Crippen LogP contribution in [0, 0.1) is 0 Å². The topological polar surface area (TPSA) is 106 Å². The molecule has 0 radical (unpaired) electrons. The number of aromatic nitrogens is 6. The van der Waals surface area contributed by atoms with Crippen molar-refractivity contribution >= 4 is 51.5 Å². The molecule has 136 valence electrons. The second kappa shape index (κ2) is 7.59. The van der Waals surface area contributed by atoms with E-state index in [4.69, 9.17) is 11.6 Å². The summed E-state index contributed by atoms with van der Waals surface area (Å²) < 4.78 is 1.90. The molecular formula is C16H11ClN6O2S2. The molecule has 3 heterocycles. The number of Topliss-reactive ketones (excluding diaryl/α,β-unsaturated/α-hetero) is 1. The second-order valence-electron chi connectivity index (χ2n) is 5.45. The monoisotopic (exact) mass is 418 g/mol. The van der Waals surface area contributed by atoms with Gasteiger partial charge in [0.2, 0.25) is 4.47 Å². The molecule has 4 aromatic rings. The van der Waals surface area contributed by atoms with E-state index in [1.54, 1.807) is 4.68 Å². The molecule has 27 heavy (non-hydrogen) atoms. The highest BCUT2D eigenvalue weighted by Crippen LogP contribution is 2.19. The Kier molecular flexibility index (Phi) is 5.01. The summed E-state index contributed by atoms with van der Waals surface area (Å²) in [6.07, 6.45) is 1.62. The first-order chi connectivity index (χ1) is 13.1. The summed E-state index contributed by atoms with van der Waals surface area (Å²) >= 11 is 8.04. The number of nitrogens with one attached hydrogen (secondary N) is 1. The van der Waals surface area contributed by atoms with Crippen LogP contribution in [0.1, 0.15) is 5.01 Å². The Hall–Kier alpha value is -2.56. The molecule has 0 aliphatic rings. The molecule has 0 atom stereocenters. The van der Waals surface area contributed by atoms with Gasteiger partial charge in [0.25, 0.3) is 5.56 Å². The van der Waals surface area contributed by atoms with Crippen molar-refractivity contribution in [2.24, 2.45) is 0 Å². The van der Waals surface area contributed by atoms with Gasteiger partial charge in [-0.3, -0.25) is 9.59 Å². The lowest BCUT2D eigenvalue weighted by molar-refractivity contribution is -0.116. The minimum atomic E-state index is -0.298. The number of thioether (sulfide) groups is 1. The van der Waals surface area contributed by atoms with Gasteiger partial charge in [-0.05, 0) is 23.7 Å². The molecular weight excluding hydrogens is 408 g/mol. The molecule has 0 saturated heterocycles. The molecule has 1 N–H and O–H groups in total. The van der Waals surface area contributed by atoms with Crippen LogP contribution in [0.2, 0.25) is 4.47 Å². The molecule has 0 aliphatic heterocycles. The van der Waals surface area contributed by atoms with Crippen LogP contribution < -0.4 is 5.56 Å². The third kappa shape index (κ3) is 3.92. The van der Waals surface area contributed by atoms with Crippen molar-refractivity contribution in [3.63, 3.8) is 0 Å². The fraction of sp³-hybridized carbons (Fsp3) is 0.125. The summed E-state index contributed by atoms with van der Waals surface area (Å²) in [6, 6.07) is 9.40. The highest BCUT2D eigenvalue weighted by molar-refractivity contribution is 7.99. The van der Waals surface area contributed by atoms with Gasteiger partial charge in [-0.1, -0.05) is 41.3 Å². The van der Waals surface area contributed by atoms with E-state index in [1.807, 2.05) is 30.3 Å². The number of hydrogen-bond donors (Lipinski definition) is 1. The van der Waals surface area contributed by atoms with Gasteiger partial charge in [0.15, 0.2) is 10.8 Å². The molecule has 8 nitrogen and oxygen atoms in total. The van der Waals surface area contributed by atoms with E-state index >= 15 is 0 Å². The van der Waals surface area contributed by atoms with E-state index in [1.165, 1.54) is 17.5 Å². The lowest BCUT2D eigenvalue weighted by Crippen LogP contribution is -2.11. The third-order valence-corrected chi connectivity index (χ3v) is 5.53. The van der Waals surface area contributed by atoms with E-state index in [-0.39, 0.29) is 23.5 Å². The number of rotatable bonds is 6. The molecule has 4 rings (SSSR count). The first-order valence-electron chi connectivity index (χ1n) is 7.76. The first-order valence-corrected chi connectivity index (χ1v) is 9.94. The Bertz CT molecular complexity index is 1170. The predicted octanol–water partition coefficient (Wildman–Crippen LogP) is 2.52. The highest BCUT2D eigenvalue weighted by atomic mass is 35.5. The summed E-state index contributed by atoms with van der Waals surface area (Å²) in [7, 11) is 0. The lowest BCUT2D eigenvalue weighted by atomic mass is 10.3. The van der Waals surface area contributed by atoms with Gasteiger partial charge in [-0.15, -0.1) is 10.2 Å². The summed E-state index contributed by atoms with van der Waals surface area (Å²) in [6.45, 7) is 0. The summed E-state index contributed by atoms with van der Waals surface area (Å²) in [5, 5.41) is 13.1. The molecule has 0 bridgehead atoms. The van der Waals surface area contributed by atoms with Crippen LogP contribution in [0.4, 0.5) is 0 Å². The van der Waals surface area contributed by atoms with E-state index in [9.17, 15) is 9.59 Å². The highest BCUT2D eigenvalue weighted by Gasteiger charge is 2.14. The maximum absolute atomic E-state index is 12.3. The zero-order valence-electron chi connectivity index (χ0n) is 13.6. The molecule has 11 heteroatoms. The van der Waals surface area contributed by atoms with Crippen LogP contribution in [-0.4, -0.2) is 41.5 Å². The zero-order chi connectivity index (χ0) is 18.8. The van der Waals surface area contributed by atoms with E-state index in [2.05, 4.69) is 25.3 Å². The predicted molar refractivity (Wildman–Crippen MR) is 104 cm³/mol. The molecule has 0 unspecified atom stereocenters. The van der Waals surface area contributed by atoms with Crippen LogP contribution in [-0.2, 0) is 11.2 Å². The smallest absolute Gasteiger partial charge is 0.262 e. The van der Waals surface area contributed by atoms with Gasteiger partial charge in [-0.2, -0.15) is 5.10 Å². The van der Waals surface area contributed by atoms with Gasteiger partial charge in [0, 0.05) is 0 Å². The maximum Gasteiger partial charge on any atom is 0.262 e. The Balaban J connectivity index is 1.55. The number of carbonyl (C=O) groups is 1. The standard InChI is InChI=1S/C16H11ClN6O2S2/c17-15-22-21-12(27-15)6-10(24)8-26-16-19-13-11(14(25)20-16)7-18-23(13)9-4-2-1-3-5-9/h1-5,7H,6,8H2,(H,19,20,25). The number of aromatic amines is 1. The van der Waals surface area contributed by atoms with Crippen molar-refractivity contribution in [2.45, 2.75) is 11.6 Å². The van der Waals surface area contributed by atoms with Gasteiger partial charge in [0.1, 0.15) is 16.2 Å². The molecule has 0 aliphatic carbocycles. The average molecular weight is 419 g/mol. The number of para-hydroxylation sites is 1. The summed E-state index contributed by atoms with van der Waals surface area (Å²) in [4.78, 5) is 31.6. The Labute approximate surface area is 165 Å². The number of nitrogens with zero attached hydrogens (tertiary/aromatic N) is 5. The van der Waals surface area contributed by atoms with Crippen molar-refractivity contribution in [1.29, 1.82) is 0 Å². The number of halogens is 1. The summed E-state index contributed by atoms with van der Waals surface area (Å²) in [5.41, 5.74) is 0.939. The average Bonchev–Trinajstić information content (AvgIpc) is 3.27. The number of carbonyl (C=O) groups excluding carboxylic acids is 1. The van der Waals surface area contributed by atoms with E-state index in [0.29, 0.717) is 25.7 Å². The number of ketones is 1. The Morgan fingerprint density at radius 1 is 1.26 bits per heavy atom. The number of hydrogen-bond acceptors (Lipinski definition) is 8. The molecule has 0 spiro atoms. The van der Waals surface area contributed by atoms with Crippen molar-refractivity contribution in [1.82, 2.24) is 29.9 Å². The van der Waals surface area contributed by atoms with Crippen molar-refractivity contribution in [2.75, 3.05) is 5.75 Å². The maximum atomic E-state index is 12.3. The van der Waals surface area contributed by atoms with Crippen LogP contribution in [0.5, 0.6) is 0 Å². The second-order valence-corrected chi connectivity index (χ2v) is 8.06. The van der Waals surface area contributed by atoms with E-state index in [0.717, 1.165) is 17.4 Å². The van der Waals surface area contributed by atoms with Crippen LogP contribution in [0.15, 0.2) is 46.5 Å². The third-order valence-electron chi connectivity index (χ3n) is 3.58.